The first-order valence-corrected chi connectivity index (χ1v) is 7.31. The summed E-state index contributed by atoms with van der Waals surface area (Å²) in [6.07, 6.45) is 2.54. The van der Waals surface area contributed by atoms with E-state index in [1.165, 1.54) is 30.6 Å². The maximum absolute atomic E-state index is 5.86. The van der Waals surface area contributed by atoms with Crippen LogP contribution in [0.3, 0.4) is 0 Å². The molecule has 2 rings (SSSR count). The van der Waals surface area contributed by atoms with Gasteiger partial charge in [-0.25, -0.2) is 0 Å². The van der Waals surface area contributed by atoms with Crippen LogP contribution in [0.25, 0.3) is 0 Å². The van der Waals surface area contributed by atoms with E-state index in [0.717, 1.165) is 11.0 Å². The van der Waals surface area contributed by atoms with E-state index in [2.05, 4.69) is 58.0 Å². The molecule has 0 aromatic heterocycles. The van der Waals surface area contributed by atoms with Crippen molar-refractivity contribution in [1.82, 2.24) is 4.90 Å². The minimum atomic E-state index is 0.585. The molecule has 1 fully saturated rings. The van der Waals surface area contributed by atoms with Crippen LogP contribution in [0.15, 0.2) is 22.7 Å². The number of hydrogen-bond donors (Lipinski definition) is 1. The molecule has 1 unspecified atom stereocenters. The van der Waals surface area contributed by atoms with Gasteiger partial charge in [0.25, 0.3) is 0 Å². The summed E-state index contributed by atoms with van der Waals surface area (Å²) in [6, 6.07) is 6.98. The number of benzene rings is 1. The molecule has 18 heavy (non-hydrogen) atoms. The lowest BCUT2D eigenvalue weighted by molar-refractivity contribution is 0.248. The predicted molar refractivity (Wildman–Crippen MR) is 81.0 cm³/mol. The molecule has 1 aromatic rings. The summed E-state index contributed by atoms with van der Waals surface area (Å²) in [5.41, 5.74) is 8.33. The number of rotatable bonds is 3. The fourth-order valence-electron chi connectivity index (χ4n) is 2.71. The average molecular weight is 312 g/mol. The highest BCUT2D eigenvalue weighted by Gasteiger charge is 2.22. The molecule has 1 aromatic carbocycles. The standard InChI is InChI=1S/C14H22BrN3/c1-17-7-3-4-13(10-17)18(2)14-6-5-12(15)8-11(14)9-16/h5-6,8,13H,3-4,7,9-10,16H2,1-2H3. The molecule has 0 aliphatic carbocycles. The minimum Gasteiger partial charge on any atom is -0.370 e. The molecule has 0 spiro atoms. The topological polar surface area (TPSA) is 32.5 Å². The van der Waals surface area contributed by atoms with Gasteiger partial charge in [-0.15, -0.1) is 0 Å². The van der Waals surface area contributed by atoms with Crippen molar-refractivity contribution < 1.29 is 0 Å². The molecule has 0 saturated carbocycles. The van der Waals surface area contributed by atoms with Gasteiger partial charge in [0.15, 0.2) is 0 Å². The van der Waals surface area contributed by atoms with Crippen LogP contribution < -0.4 is 10.6 Å². The quantitative estimate of drug-likeness (QED) is 0.930. The molecule has 0 bridgehead atoms. The molecule has 4 heteroatoms. The van der Waals surface area contributed by atoms with Gasteiger partial charge in [0, 0.05) is 36.3 Å². The largest absolute Gasteiger partial charge is 0.370 e. The molecule has 0 amide bonds. The summed E-state index contributed by atoms with van der Waals surface area (Å²) in [5, 5.41) is 0. The monoisotopic (exact) mass is 311 g/mol. The Balaban J connectivity index is 2.19. The van der Waals surface area contributed by atoms with Gasteiger partial charge in [0.1, 0.15) is 0 Å². The smallest absolute Gasteiger partial charge is 0.0414 e. The minimum absolute atomic E-state index is 0.585. The fourth-order valence-corrected chi connectivity index (χ4v) is 3.12. The molecule has 1 aliphatic heterocycles. The summed E-state index contributed by atoms with van der Waals surface area (Å²) in [6.45, 7) is 2.94. The van der Waals surface area contributed by atoms with Crippen molar-refractivity contribution in [3.8, 4) is 0 Å². The number of piperidine rings is 1. The van der Waals surface area contributed by atoms with Crippen molar-refractivity contribution >= 4 is 21.6 Å². The van der Waals surface area contributed by atoms with Gasteiger partial charge in [-0.3, -0.25) is 0 Å². The molecule has 3 nitrogen and oxygen atoms in total. The van der Waals surface area contributed by atoms with Crippen LogP contribution >= 0.6 is 15.9 Å². The molecule has 0 radical (unpaired) electrons. The zero-order valence-corrected chi connectivity index (χ0v) is 12.8. The van der Waals surface area contributed by atoms with Gasteiger partial charge in [-0.1, -0.05) is 15.9 Å². The second kappa shape index (κ2) is 6.04. The van der Waals surface area contributed by atoms with E-state index in [1.54, 1.807) is 0 Å². The van der Waals surface area contributed by atoms with Crippen LogP contribution in [0.2, 0.25) is 0 Å². The fraction of sp³-hybridized carbons (Fsp3) is 0.571. The number of likely N-dealkylation sites (tertiary alicyclic amines) is 1. The lowest BCUT2D eigenvalue weighted by Gasteiger charge is -2.38. The molecule has 2 N–H and O–H groups in total. The highest BCUT2D eigenvalue weighted by Crippen LogP contribution is 2.27. The number of nitrogens with two attached hydrogens (primary N) is 1. The zero-order chi connectivity index (χ0) is 13.1. The van der Waals surface area contributed by atoms with Gasteiger partial charge in [0.05, 0.1) is 0 Å². The summed E-state index contributed by atoms with van der Waals surface area (Å²) >= 11 is 3.51. The van der Waals surface area contributed by atoms with Crippen LogP contribution in [0.5, 0.6) is 0 Å². The normalized spacial score (nSPS) is 21.0. The van der Waals surface area contributed by atoms with E-state index in [9.17, 15) is 0 Å². The SMILES string of the molecule is CN1CCCC(N(C)c2ccc(Br)cc2CN)C1. The Labute approximate surface area is 118 Å². The van der Waals surface area contributed by atoms with Crippen LogP contribution in [0.4, 0.5) is 5.69 Å². The zero-order valence-electron chi connectivity index (χ0n) is 11.2. The number of halogens is 1. The maximum atomic E-state index is 5.86. The Morgan fingerprint density at radius 2 is 2.28 bits per heavy atom. The highest BCUT2D eigenvalue weighted by atomic mass is 79.9. The van der Waals surface area contributed by atoms with Crippen molar-refractivity contribution in [3.05, 3.63) is 28.2 Å². The first-order chi connectivity index (χ1) is 8.61. The lowest BCUT2D eigenvalue weighted by Crippen LogP contribution is -2.45. The second-order valence-corrected chi connectivity index (χ2v) is 6.06. The number of likely N-dealkylation sites (N-methyl/N-ethyl adjacent to an activating group) is 2. The van der Waals surface area contributed by atoms with Crippen molar-refractivity contribution in [2.24, 2.45) is 5.73 Å². The highest BCUT2D eigenvalue weighted by molar-refractivity contribution is 9.10. The van der Waals surface area contributed by atoms with Crippen molar-refractivity contribution in [2.75, 3.05) is 32.1 Å². The molecule has 1 atom stereocenters. The molecule has 1 saturated heterocycles. The van der Waals surface area contributed by atoms with Crippen LogP contribution in [-0.2, 0) is 6.54 Å². The Hall–Kier alpha value is -0.580. The molecular weight excluding hydrogens is 290 g/mol. The molecule has 1 heterocycles. The Bertz CT molecular complexity index is 408. The Morgan fingerprint density at radius 3 is 2.94 bits per heavy atom. The summed E-state index contributed by atoms with van der Waals surface area (Å²) in [5.74, 6) is 0. The van der Waals surface area contributed by atoms with Gasteiger partial charge in [0.2, 0.25) is 0 Å². The molecular formula is C14H22BrN3. The van der Waals surface area contributed by atoms with Gasteiger partial charge in [-0.2, -0.15) is 0 Å². The van der Waals surface area contributed by atoms with Gasteiger partial charge < -0.3 is 15.5 Å². The van der Waals surface area contributed by atoms with Crippen LogP contribution in [0.1, 0.15) is 18.4 Å². The van der Waals surface area contributed by atoms with Crippen LogP contribution in [0, 0.1) is 0 Å². The number of anilines is 1. The van der Waals surface area contributed by atoms with Crippen molar-refractivity contribution in [1.29, 1.82) is 0 Å². The Kier molecular flexibility index (Phi) is 4.65. The first-order valence-electron chi connectivity index (χ1n) is 6.51. The first kappa shape index (κ1) is 13.8. The van der Waals surface area contributed by atoms with E-state index in [4.69, 9.17) is 5.73 Å². The number of hydrogen-bond acceptors (Lipinski definition) is 3. The number of nitrogens with zero attached hydrogens (tertiary/aromatic N) is 2. The van der Waals surface area contributed by atoms with E-state index in [-0.39, 0.29) is 0 Å². The Morgan fingerprint density at radius 1 is 1.50 bits per heavy atom. The van der Waals surface area contributed by atoms with E-state index in [0.29, 0.717) is 12.6 Å². The predicted octanol–water partition coefficient (Wildman–Crippen LogP) is 2.44. The molecule has 100 valence electrons. The molecule has 1 aliphatic rings. The van der Waals surface area contributed by atoms with E-state index in [1.807, 2.05) is 0 Å². The third-order valence-corrected chi connectivity index (χ3v) is 4.28. The van der Waals surface area contributed by atoms with Crippen molar-refractivity contribution in [2.45, 2.75) is 25.4 Å². The van der Waals surface area contributed by atoms with Crippen molar-refractivity contribution in [3.63, 3.8) is 0 Å². The van der Waals surface area contributed by atoms with Gasteiger partial charge >= 0.3 is 0 Å². The lowest BCUT2D eigenvalue weighted by atomic mass is 10.0. The van der Waals surface area contributed by atoms with E-state index >= 15 is 0 Å². The summed E-state index contributed by atoms with van der Waals surface area (Å²) in [7, 11) is 4.39. The second-order valence-electron chi connectivity index (χ2n) is 5.15. The summed E-state index contributed by atoms with van der Waals surface area (Å²) in [4.78, 5) is 4.80. The van der Waals surface area contributed by atoms with Crippen LogP contribution in [-0.4, -0.2) is 38.1 Å². The third kappa shape index (κ3) is 3.05. The maximum Gasteiger partial charge on any atom is 0.0414 e. The van der Waals surface area contributed by atoms with E-state index < -0.39 is 0 Å². The third-order valence-electron chi connectivity index (χ3n) is 3.79. The average Bonchev–Trinajstić information content (AvgIpc) is 2.37. The van der Waals surface area contributed by atoms with Gasteiger partial charge in [-0.05, 0) is 50.2 Å². The summed E-state index contributed by atoms with van der Waals surface area (Å²) < 4.78 is 1.10.